The quantitative estimate of drug-likeness (QED) is 0.798. The summed E-state index contributed by atoms with van der Waals surface area (Å²) in [7, 11) is 0. The smallest absolute Gasteiger partial charge is 0.259 e. The summed E-state index contributed by atoms with van der Waals surface area (Å²) in [5.41, 5.74) is 2.85. The summed E-state index contributed by atoms with van der Waals surface area (Å²) in [4.78, 5) is 27.1. The van der Waals surface area contributed by atoms with Gasteiger partial charge in [-0.15, -0.1) is 0 Å². The Morgan fingerprint density at radius 2 is 1.82 bits per heavy atom. The highest BCUT2D eigenvalue weighted by molar-refractivity contribution is 5.99. The van der Waals surface area contributed by atoms with Crippen molar-refractivity contribution >= 4 is 11.7 Å². The van der Waals surface area contributed by atoms with Crippen LogP contribution in [-0.4, -0.2) is 47.0 Å². The van der Waals surface area contributed by atoms with Gasteiger partial charge in [-0.1, -0.05) is 30.7 Å². The largest absolute Gasteiger partial charge is 0.356 e. The van der Waals surface area contributed by atoms with E-state index in [4.69, 9.17) is 4.98 Å². The molecule has 2 aromatic rings. The van der Waals surface area contributed by atoms with E-state index in [0.717, 1.165) is 63.2 Å². The Hall–Kier alpha value is -2.43. The fraction of sp³-hybridized carbons (Fsp3) is 0.522. The molecule has 0 radical (unpaired) electrons. The fourth-order valence-electron chi connectivity index (χ4n) is 4.18. The zero-order valence-corrected chi connectivity index (χ0v) is 17.0. The van der Waals surface area contributed by atoms with Crippen LogP contribution in [0.4, 0.5) is 5.82 Å². The van der Waals surface area contributed by atoms with Crippen molar-refractivity contribution in [3.63, 3.8) is 0 Å². The molecular weight excluding hydrogens is 348 g/mol. The van der Waals surface area contributed by atoms with Crippen LogP contribution < -0.4 is 4.90 Å². The van der Waals surface area contributed by atoms with Crippen molar-refractivity contribution in [2.24, 2.45) is 5.92 Å². The first kappa shape index (κ1) is 18.9. The minimum atomic E-state index is 0.0864. The maximum Gasteiger partial charge on any atom is 0.259 e. The van der Waals surface area contributed by atoms with Gasteiger partial charge in [-0.25, -0.2) is 9.97 Å². The average molecular weight is 379 g/mol. The van der Waals surface area contributed by atoms with Crippen molar-refractivity contribution in [1.29, 1.82) is 0 Å². The molecule has 0 aliphatic carbocycles. The molecule has 2 aliphatic rings. The van der Waals surface area contributed by atoms with Gasteiger partial charge >= 0.3 is 0 Å². The van der Waals surface area contributed by atoms with Crippen molar-refractivity contribution in [2.75, 3.05) is 31.1 Å². The number of likely N-dealkylation sites (tertiary alicyclic amines) is 1. The number of hydrogen-bond acceptors (Lipinski definition) is 4. The Labute approximate surface area is 167 Å². The molecule has 0 N–H and O–H groups in total. The SMILES string of the molecule is Cc1cccc(-c2ncc(C(=O)N3CCC(C)CC3)c(N3CCCCC3)n2)c1. The summed E-state index contributed by atoms with van der Waals surface area (Å²) in [5.74, 6) is 2.30. The zero-order valence-electron chi connectivity index (χ0n) is 17.0. The number of nitrogens with zero attached hydrogens (tertiary/aromatic N) is 4. The van der Waals surface area contributed by atoms with Crippen LogP contribution in [0.3, 0.4) is 0 Å². The lowest BCUT2D eigenvalue weighted by atomic mass is 9.98. The van der Waals surface area contributed by atoms with Crippen molar-refractivity contribution in [3.05, 3.63) is 41.6 Å². The number of carbonyl (C=O) groups is 1. The highest BCUT2D eigenvalue weighted by Gasteiger charge is 2.27. The van der Waals surface area contributed by atoms with Gasteiger partial charge < -0.3 is 9.80 Å². The summed E-state index contributed by atoms with van der Waals surface area (Å²) in [5, 5.41) is 0. The minimum absolute atomic E-state index is 0.0864. The molecular formula is C23H30N4O. The Bertz CT molecular complexity index is 836. The van der Waals surface area contributed by atoms with Crippen molar-refractivity contribution in [1.82, 2.24) is 14.9 Å². The van der Waals surface area contributed by atoms with Gasteiger partial charge in [0.2, 0.25) is 0 Å². The Kier molecular flexibility index (Phi) is 5.60. The highest BCUT2D eigenvalue weighted by atomic mass is 16.2. The lowest BCUT2D eigenvalue weighted by Crippen LogP contribution is -2.39. The van der Waals surface area contributed by atoms with E-state index in [0.29, 0.717) is 17.3 Å². The zero-order chi connectivity index (χ0) is 19.5. The number of aryl methyl sites for hydroxylation is 1. The normalized spacial score (nSPS) is 18.4. The molecule has 2 aliphatic heterocycles. The second kappa shape index (κ2) is 8.29. The molecule has 4 rings (SSSR count). The molecule has 5 heteroatoms. The maximum absolute atomic E-state index is 13.3. The second-order valence-corrected chi connectivity index (χ2v) is 8.32. The molecule has 2 fully saturated rings. The number of rotatable bonds is 3. The van der Waals surface area contributed by atoms with Gasteiger partial charge in [-0.05, 0) is 51.0 Å². The van der Waals surface area contributed by atoms with Crippen LogP contribution in [0.1, 0.15) is 54.9 Å². The molecule has 0 spiro atoms. The predicted molar refractivity (Wildman–Crippen MR) is 113 cm³/mol. The van der Waals surface area contributed by atoms with Crippen LogP contribution in [-0.2, 0) is 0 Å². The number of benzene rings is 1. The first-order chi connectivity index (χ1) is 13.6. The molecule has 1 amide bonds. The van der Waals surface area contributed by atoms with Gasteiger partial charge in [0.05, 0.1) is 0 Å². The Morgan fingerprint density at radius 3 is 2.54 bits per heavy atom. The topological polar surface area (TPSA) is 49.3 Å². The first-order valence-corrected chi connectivity index (χ1v) is 10.6. The third-order valence-electron chi connectivity index (χ3n) is 6.00. The number of hydrogen-bond donors (Lipinski definition) is 0. The Balaban J connectivity index is 1.69. The number of aromatic nitrogens is 2. The molecule has 0 unspecified atom stereocenters. The lowest BCUT2D eigenvalue weighted by Gasteiger charge is -2.33. The van der Waals surface area contributed by atoms with E-state index < -0.39 is 0 Å². The molecule has 1 aromatic carbocycles. The molecule has 0 atom stereocenters. The van der Waals surface area contributed by atoms with E-state index in [1.807, 2.05) is 17.0 Å². The van der Waals surface area contributed by atoms with E-state index in [2.05, 4.69) is 35.9 Å². The molecule has 2 saturated heterocycles. The van der Waals surface area contributed by atoms with E-state index in [1.54, 1.807) is 6.20 Å². The fourth-order valence-corrected chi connectivity index (χ4v) is 4.18. The van der Waals surface area contributed by atoms with Crippen LogP contribution in [0.25, 0.3) is 11.4 Å². The summed E-state index contributed by atoms with van der Waals surface area (Å²) >= 11 is 0. The van der Waals surface area contributed by atoms with Gasteiger partial charge in [0.15, 0.2) is 5.82 Å². The van der Waals surface area contributed by atoms with Gasteiger partial charge in [-0.2, -0.15) is 0 Å². The van der Waals surface area contributed by atoms with Crippen LogP contribution in [0.2, 0.25) is 0 Å². The highest BCUT2D eigenvalue weighted by Crippen LogP contribution is 2.28. The maximum atomic E-state index is 13.3. The number of piperidine rings is 2. The number of anilines is 1. The molecule has 3 heterocycles. The minimum Gasteiger partial charge on any atom is -0.356 e. The number of carbonyl (C=O) groups excluding carboxylic acids is 1. The van der Waals surface area contributed by atoms with E-state index in [9.17, 15) is 4.79 Å². The van der Waals surface area contributed by atoms with Gasteiger partial charge in [-0.3, -0.25) is 4.79 Å². The number of amides is 1. The predicted octanol–water partition coefficient (Wildman–Crippen LogP) is 4.31. The van der Waals surface area contributed by atoms with Crippen LogP contribution in [0.15, 0.2) is 30.5 Å². The summed E-state index contributed by atoms with van der Waals surface area (Å²) in [6.45, 7) is 7.92. The second-order valence-electron chi connectivity index (χ2n) is 8.32. The van der Waals surface area contributed by atoms with Crippen molar-refractivity contribution in [2.45, 2.75) is 46.0 Å². The van der Waals surface area contributed by atoms with Gasteiger partial charge in [0.25, 0.3) is 5.91 Å². The van der Waals surface area contributed by atoms with E-state index in [1.165, 1.54) is 12.0 Å². The summed E-state index contributed by atoms with van der Waals surface area (Å²) < 4.78 is 0. The van der Waals surface area contributed by atoms with Crippen LogP contribution in [0.5, 0.6) is 0 Å². The molecule has 5 nitrogen and oxygen atoms in total. The standard InChI is InChI=1S/C23H30N4O/c1-17-9-13-27(14-10-17)23(28)20-16-24-21(19-8-6-7-18(2)15-19)25-22(20)26-11-4-3-5-12-26/h6-8,15-17H,3-5,9-14H2,1-2H3. The van der Waals surface area contributed by atoms with Crippen LogP contribution >= 0.6 is 0 Å². The van der Waals surface area contributed by atoms with Crippen molar-refractivity contribution < 1.29 is 4.79 Å². The van der Waals surface area contributed by atoms with E-state index >= 15 is 0 Å². The third kappa shape index (κ3) is 4.03. The summed E-state index contributed by atoms with van der Waals surface area (Å²) in [6.07, 6.45) is 7.46. The van der Waals surface area contributed by atoms with Crippen LogP contribution in [0, 0.1) is 12.8 Å². The summed E-state index contributed by atoms with van der Waals surface area (Å²) in [6, 6.07) is 8.24. The van der Waals surface area contributed by atoms with Crippen molar-refractivity contribution in [3.8, 4) is 11.4 Å². The molecule has 0 saturated carbocycles. The van der Waals surface area contributed by atoms with Gasteiger partial charge in [0, 0.05) is 37.9 Å². The van der Waals surface area contributed by atoms with E-state index in [-0.39, 0.29) is 5.91 Å². The molecule has 28 heavy (non-hydrogen) atoms. The molecule has 1 aromatic heterocycles. The molecule has 148 valence electrons. The lowest BCUT2D eigenvalue weighted by molar-refractivity contribution is 0.0697. The monoisotopic (exact) mass is 378 g/mol. The average Bonchev–Trinajstić information content (AvgIpc) is 2.74. The third-order valence-corrected chi connectivity index (χ3v) is 6.00. The molecule has 0 bridgehead atoms. The Morgan fingerprint density at radius 1 is 1.07 bits per heavy atom. The first-order valence-electron chi connectivity index (χ1n) is 10.6. The van der Waals surface area contributed by atoms with Gasteiger partial charge in [0.1, 0.15) is 11.4 Å².